The molecular weight excluding hydrogens is 332 g/mol. The first kappa shape index (κ1) is 17.3. The molecule has 11 nitrogen and oxygen atoms in total. The molecule has 1 fully saturated rings. The van der Waals surface area contributed by atoms with Crippen molar-refractivity contribution in [1.29, 1.82) is 5.41 Å². The summed E-state index contributed by atoms with van der Waals surface area (Å²) in [6.45, 7) is -0.499. The van der Waals surface area contributed by atoms with Crippen molar-refractivity contribution < 1.29 is 20.1 Å². The topological polar surface area (TPSA) is 183 Å². The fraction of sp³-hybridized carbons (Fsp3) is 0.455. The highest BCUT2D eigenvalue weighted by Crippen LogP contribution is 2.30. The number of H-pyrrole nitrogens is 1. The SMILES string of the molecule is Cl.N=C(N)c1nn(C2OC(CO)C(O)C2O)c2nc[nH]c(=O)c12. The lowest BCUT2D eigenvalue weighted by molar-refractivity contribution is -0.0566. The van der Waals surface area contributed by atoms with Gasteiger partial charge in [0.25, 0.3) is 5.56 Å². The van der Waals surface area contributed by atoms with Crippen LogP contribution in [0.3, 0.4) is 0 Å². The van der Waals surface area contributed by atoms with Gasteiger partial charge in [-0.3, -0.25) is 10.2 Å². The molecule has 0 amide bonds. The number of nitrogen functional groups attached to an aromatic ring is 1. The average Bonchev–Trinajstić information content (AvgIpc) is 3.00. The Morgan fingerprint density at radius 3 is 2.74 bits per heavy atom. The molecule has 4 atom stereocenters. The molecule has 2 aromatic rings. The first-order valence-electron chi connectivity index (χ1n) is 6.38. The van der Waals surface area contributed by atoms with Gasteiger partial charge in [-0.25, -0.2) is 9.67 Å². The van der Waals surface area contributed by atoms with E-state index in [9.17, 15) is 15.0 Å². The molecule has 0 saturated carbocycles. The van der Waals surface area contributed by atoms with Crippen LogP contribution in [0.1, 0.15) is 11.9 Å². The van der Waals surface area contributed by atoms with Crippen molar-refractivity contribution in [2.24, 2.45) is 5.73 Å². The number of nitrogens with one attached hydrogen (secondary N) is 2. The zero-order chi connectivity index (χ0) is 16.0. The standard InChI is InChI=1S/C11H14N6O5.ClH/c12-8(13)5-4-9(14-2-15-10(4)21)17(16-5)11-7(20)6(19)3(1-18)22-11;/h2-3,6-7,11,18-20H,1H2,(H3,12,13)(H,14,15,21);1H. The van der Waals surface area contributed by atoms with E-state index in [1.807, 2.05) is 0 Å². The smallest absolute Gasteiger partial charge is 0.262 e. The van der Waals surface area contributed by atoms with Crippen LogP contribution in [0, 0.1) is 5.41 Å². The van der Waals surface area contributed by atoms with Crippen LogP contribution in [0.4, 0.5) is 0 Å². The minimum Gasteiger partial charge on any atom is -0.394 e. The summed E-state index contributed by atoms with van der Waals surface area (Å²) >= 11 is 0. The number of hydrogen-bond donors (Lipinski definition) is 6. The van der Waals surface area contributed by atoms with Crippen LogP contribution in [0.15, 0.2) is 11.1 Å². The first-order chi connectivity index (χ1) is 10.5. The van der Waals surface area contributed by atoms with Gasteiger partial charge in [0.1, 0.15) is 35.2 Å². The molecule has 1 aliphatic rings. The minimum atomic E-state index is -1.39. The van der Waals surface area contributed by atoms with E-state index < -0.39 is 42.5 Å². The van der Waals surface area contributed by atoms with Gasteiger partial charge in [0, 0.05) is 0 Å². The van der Waals surface area contributed by atoms with E-state index in [0.29, 0.717) is 0 Å². The van der Waals surface area contributed by atoms with Crippen LogP contribution in [-0.4, -0.2) is 65.8 Å². The van der Waals surface area contributed by atoms with Gasteiger partial charge < -0.3 is 30.8 Å². The third kappa shape index (κ3) is 2.58. The molecule has 0 bridgehead atoms. The molecule has 0 radical (unpaired) electrons. The average molecular weight is 347 g/mol. The van der Waals surface area contributed by atoms with E-state index in [1.54, 1.807) is 0 Å². The van der Waals surface area contributed by atoms with Crippen molar-refractivity contribution in [1.82, 2.24) is 19.7 Å². The van der Waals surface area contributed by atoms with Gasteiger partial charge in [-0.1, -0.05) is 0 Å². The summed E-state index contributed by atoms with van der Waals surface area (Å²) in [4.78, 5) is 18.2. The predicted octanol–water partition coefficient (Wildman–Crippen LogP) is -2.56. The fourth-order valence-corrected chi connectivity index (χ4v) is 2.43. The van der Waals surface area contributed by atoms with E-state index in [-0.39, 0.29) is 29.1 Å². The number of fused-ring (bicyclic) bond motifs is 1. The Balaban J connectivity index is 0.00000192. The van der Waals surface area contributed by atoms with Gasteiger partial charge in [-0.05, 0) is 0 Å². The third-order valence-electron chi connectivity index (χ3n) is 3.51. The quantitative estimate of drug-likeness (QED) is 0.259. The minimum absolute atomic E-state index is 0. The summed E-state index contributed by atoms with van der Waals surface area (Å²) < 4.78 is 6.42. The molecule has 7 N–H and O–H groups in total. The van der Waals surface area contributed by atoms with Crippen molar-refractivity contribution in [2.75, 3.05) is 6.61 Å². The number of aromatic amines is 1. The fourth-order valence-electron chi connectivity index (χ4n) is 2.43. The van der Waals surface area contributed by atoms with Crippen LogP contribution in [0.5, 0.6) is 0 Å². The largest absolute Gasteiger partial charge is 0.394 e. The van der Waals surface area contributed by atoms with Gasteiger partial charge in [-0.15, -0.1) is 12.4 Å². The number of rotatable bonds is 3. The highest BCUT2D eigenvalue weighted by Gasteiger charge is 2.44. The lowest BCUT2D eigenvalue weighted by Gasteiger charge is -2.15. The van der Waals surface area contributed by atoms with Gasteiger partial charge in [0.05, 0.1) is 12.9 Å². The number of aliphatic hydroxyl groups is 3. The van der Waals surface area contributed by atoms with Crippen LogP contribution in [-0.2, 0) is 4.74 Å². The molecule has 0 aromatic carbocycles. The van der Waals surface area contributed by atoms with Crippen molar-refractivity contribution >= 4 is 29.3 Å². The summed E-state index contributed by atoms with van der Waals surface area (Å²) in [6, 6.07) is 0. The lowest BCUT2D eigenvalue weighted by Crippen LogP contribution is -2.33. The normalized spacial score (nSPS) is 27.1. The Hall–Kier alpha value is -2.05. The van der Waals surface area contributed by atoms with Gasteiger partial charge in [-0.2, -0.15) is 5.10 Å². The molecule has 3 rings (SSSR count). The molecule has 0 spiro atoms. The Labute approximate surface area is 134 Å². The highest BCUT2D eigenvalue weighted by molar-refractivity contribution is 6.04. The summed E-state index contributed by atoms with van der Waals surface area (Å²) in [5.74, 6) is -0.450. The van der Waals surface area contributed by atoms with Crippen molar-refractivity contribution in [3.63, 3.8) is 0 Å². The molecule has 1 saturated heterocycles. The van der Waals surface area contributed by atoms with Crippen LogP contribution < -0.4 is 11.3 Å². The molecular formula is C11H15ClN6O5. The molecule has 4 unspecified atom stereocenters. The third-order valence-corrected chi connectivity index (χ3v) is 3.51. The second-order valence-corrected chi connectivity index (χ2v) is 4.87. The maximum Gasteiger partial charge on any atom is 0.262 e. The van der Waals surface area contributed by atoms with Crippen LogP contribution in [0.2, 0.25) is 0 Å². The number of ether oxygens (including phenoxy) is 1. The van der Waals surface area contributed by atoms with Gasteiger partial charge in [0.15, 0.2) is 11.9 Å². The number of aromatic nitrogens is 4. The van der Waals surface area contributed by atoms with Gasteiger partial charge in [0.2, 0.25) is 0 Å². The molecule has 23 heavy (non-hydrogen) atoms. The highest BCUT2D eigenvalue weighted by atomic mass is 35.5. The summed E-state index contributed by atoms with van der Waals surface area (Å²) in [6.07, 6.45) is -3.74. The van der Waals surface area contributed by atoms with E-state index >= 15 is 0 Å². The Kier molecular flexibility index (Phi) is 4.68. The number of halogens is 1. The number of aliphatic hydroxyl groups excluding tert-OH is 3. The second kappa shape index (κ2) is 6.22. The number of amidine groups is 1. The van der Waals surface area contributed by atoms with E-state index in [0.717, 1.165) is 11.0 Å². The van der Waals surface area contributed by atoms with E-state index in [4.69, 9.17) is 21.0 Å². The first-order valence-corrected chi connectivity index (χ1v) is 6.38. The monoisotopic (exact) mass is 346 g/mol. The Bertz CT molecular complexity index is 791. The Morgan fingerprint density at radius 2 is 2.17 bits per heavy atom. The maximum atomic E-state index is 11.9. The van der Waals surface area contributed by atoms with Crippen molar-refractivity contribution in [3.05, 3.63) is 22.4 Å². The summed E-state index contributed by atoms with van der Waals surface area (Å²) in [7, 11) is 0. The summed E-state index contributed by atoms with van der Waals surface area (Å²) in [5.41, 5.74) is 4.80. The zero-order valence-corrected chi connectivity index (χ0v) is 12.4. The van der Waals surface area contributed by atoms with E-state index in [2.05, 4.69) is 15.1 Å². The van der Waals surface area contributed by atoms with Crippen molar-refractivity contribution in [2.45, 2.75) is 24.5 Å². The molecule has 12 heteroatoms. The molecule has 3 heterocycles. The zero-order valence-electron chi connectivity index (χ0n) is 11.6. The Morgan fingerprint density at radius 1 is 1.48 bits per heavy atom. The number of hydrogen-bond acceptors (Lipinski definition) is 8. The maximum absolute atomic E-state index is 11.9. The van der Waals surface area contributed by atoms with Crippen molar-refractivity contribution in [3.8, 4) is 0 Å². The molecule has 0 aliphatic carbocycles. The van der Waals surface area contributed by atoms with E-state index in [1.165, 1.54) is 0 Å². The van der Waals surface area contributed by atoms with Crippen LogP contribution in [0.25, 0.3) is 11.0 Å². The number of nitrogens with two attached hydrogens (primary N) is 1. The number of nitrogens with zero attached hydrogens (tertiary/aromatic N) is 3. The predicted molar refractivity (Wildman–Crippen MR) is 79.4 cm³/mol. The van der Waals surface area contributed by atoms with Gasteiger partial charge >= 0.3 is 0 Å². The molecule has 1 aliphatic heterocycles. The lowest BCUT2D eigenvalue weighted by atomic mass is 10.1. The molecule has 2 aromatic heterocycles. The van der Waals surface area contributed by atoms with Crippen LogP contribution >= 0.6 is 12.4 Å². The molecule has 126 valence electrons. The summed E-state index contributed by atoms with van der Waals surface area (Å²) in [5, 5.41) is 40.4. The second-order valence-electron chi connectivity index (χ2n) is 4.87.